The lowest BCUT2D eigenvalue weighted by Gasteiger charge is -2.32. The molecular weight excluding hydrogens is 361 g/mol. The van der Waals surface area contributed by atoms with Crippen molar-refractivity contribution < 1.29 is 18.0 Å². The van der Waals surface area contributed by atoms with Gasteiger partial charge in [-0.3, -0.25) is 4.79 Å². The molecule has 3 nitrogen and oxygen atoms in total. The standard InChI is InChI=1S/C19H21F3N2OS/c1-13-23-11-17(26-13)18(25)24-10-4-5-14(12-24)8-9-15-6-2-3-7-16(15)19(20,21)22/h2-3,6-7,11,14H,4-5,8-10,12H2,1H3. The highest BCUT2D eigenvalue weighted by molar-refractivity contribution is 7.13. The number of likely N-dealkylation sites (tertiary alicyclic amines) is 1. The fourth-order valence-electron chi connectivity index (χ4n) is 3.48. The molecule has 1 unspecified atom stereocenters. The minimum absolute atomic E-state index is 0.0176. The summed E-state index contributed by atoms with van der Waals surface area (Å²) in [5, 5.41) is 0.852. The van der Waals surface area contributed by atoms with Crippen LogP contribution in [0.2, 0.25) is 0 Å². The Morgan fingerprint density at radius 3 is 2.81 bits per heavy atom. The number of piperidine rings is 1. The molecule has 0 aliphatic carbocycles. The molecule has 0 saturated carbocycles. The lowest BCUT2D eigenvalue weighted by atomic mass is 9.90. The van der Waals surface area contributed by atoms with Crippen LogP contribution in [0.4, 0.5) is 13.2 Å². The second-order valence-electron chi connectivity index (χ2n) is 6.70. The number of aromatic nitrogens is 1. The first kappa shape index (κ1) is 18.9. The van der Waals surface area contributed by atoms with Crippen molar-refractivity contribution in [3.63, 3.8) is 0 Å². The van der Waals surface area contributed by atoms with E-state index in [-0.39, 0.29) is 11.8 Å². The van der Waals surface area contributed by atoms with Crippen molar-refractivity contribution in [2.24, 2.45) is 5.92 Å². The molecule has 1 aromatic carbocycles. The maximum Gasteiger partial charge on any atom is 0.416 e. The van der Waals surface area contributed by atoms with Gasteiger partial charge in [0.1, 0.15) is 4.88 Å². The third-order valence-corrected chi connectivity index (χ3v) is 5.68. The first-order valence-corrected chi connectivity index (χ1v) is 9.53. The van der Waals surface area contributed by atoms with Crippen molar-refractivity contribution in [1.29, 1.82) is 0 Å². The Morgan fingerprint density at radius 1 is 1.35 bits per heavy atom. The van der Waals surface area contributed by atoms with Crippen molar-refractivity contribution in [2.45, 2.75) is 38.8 Å². The zero-order chi connectivity index (χ0) is 18.7. The van der Waals surface area contributed by atoms with Crippen molar-refractivity contribution in [3.05, 3.63) is 51.5 Å². The Hall–Kier alpha value is -1.89. The number of halogens is 3. The minimum Gasteiger partial charge on any atom is -0.338 e. The van der Waals surface area contributed by atoms with E-state index < -0.39 is 11.7 Å². The predicted molar refractivity (Wildman–Crippen MR) is 95.2 cm³/mol. The maximum atomic E-state index is 13.1. The summed E-state index contributed by atoms with van der Waals surface area (Å²) in [5.41, 5.74) is -0.217. The minimum atomic E-state index is -4.32. The number of carbonyl (C=O) groups excluding carboxylic acids is 1. The molecule has 1 aliphatic rings. The van der Waals surface area contributed by atoms with E-state index in [2.05, 4.69) is 4.98 Å². The fraction of sp³-hybridized carbons (Fsp3) is 0.474. The molecule has 0 N–H and O–H groups in total. The zero-order valence-electron chi connectivity index (χ0n) is 14.6. The number of alkyl halides is 3. The Bertz CT molecular complexity index is 772. The van der Waals surface area contributed by atoms with Gasteiger partial charge in [0.15, 0.2) is 0 Å². The Balaban J connectivity index is 1.62. The highest BCUT2D eigenvalue weighted by Gasteiger charge is 2.33. The third kappa shape index (κ3) is 4.44. The van der Waals surface area contributed by atoms with Gasteiger partial charge in [-0.1, -0.05) is 18.2 Å². The molecule has 1 aromatic heterocycles. The SMILES string of the molecule is Cc1ncc(C(=O)N2CCCC(CCc3ccccc3C(F)(F)F)C2)s1. The molecule has 2 heterocycles. The molecular formula is C19H21F3N2OS. The third-order valence-electron chi connectivity index (χ3n) is 4.78. The van der Waals surface area contributed by atoms with E-state index in [1.165, 1.54) is 17.4 Å². The van der Waals surface area contributed by atoms with Gasteiger partial charge >= 0.3 is 6.18 Å². The van der Waals surface area contributed by atoms with E-state index in [0.29, 0.717) is 36.4 Å². The first-order valence-electron chi connectivity index (χ1n) is 8.71. The van der Waals surface area contributed by atoms with Crippen LogP contribution in [0.1, 0.15) is 45.1 Å². The second-order valence-corrected chi connectivity index (χ2v) is 7.93. The Morgan fingerprint density at radius 2 is 2.12 bits per heavy atom. The monoisotopic (exact) mass is 382 g/mol. The average molecular weight is 382 g/mol. The summed E-state index contributed by atoms with van der Waals surface area (Å²) in [7, 11) is 0. The maximum absolute atomic E-state index is 13.1. The normalized spacial score (nSPS) is 18.2. The van der Waals surface area contributed by atoms with Crippen LogP contribution in [0.15, 0.2) is 30.5 Å². The molecule has 1 amide bonds. The number of thiazole rings is 1. The van der Waals surface area contributed by atoms with Crippen LogP contribution in [0.25, 0.3) is 0 Å². The summed E-state index contributed by atoms with van der Waals surface area (Å²) in [4.78, 5) is 19.1. The molecule has 2 aromatic rings. The highest BCUT2D eigenvalue weighted by atomic mass is 32.1. The van der Waals surface area contributed by atoms with E-state index in [9.17, 15) is 18.0 Å². The molecule has 0 bridgehead atoms. The van der Waals surface area contributed by atoms with Gasteiger partial charge in [-0.05, 0) is 50.2 Å². The van der Waals surface area contributed by atoms with Crippen LogP contribution in [-0.2, 0) is 12.6 Å². The molecule has 1 fully saturated rings. The molecule has 26 heavy (non-hydrogen) atoms. The molecule has 0 spiro atoms. The molecule has 140 valence electrons. The molecule has 3 rings (SSSR count). The van der Waals surface area contributed by atoms with Gasteiger partial charge in [0.25, 0.3) is 5.91 Å². The first-order chi connectivity index (χ1) is 12.3. The quantitative estimate of drug-likeness (QED) is 0.749. The van der Waals surface area contributed by atoms with Gasteiger partial charge < -0.3 is 4.90 Å². The fourth-order valence-corrected chi connectivity index (χ4v) is 4.22. The number of hydrogen-bond acceptors (Lipinski definition) is 3. The van der Waals surface area contributed by atoms with E-state index >= 15 is 0 Å². The molecule has 1 aliphatic heterocycles. The van der Waals surface area contributed by atoms with Crippen LogP contribution in [0.5, 0.6) is 0 Å². The summed E-state index contributed by atoms with van der Waals surface area (Å²) in [6, 6.07) is 5.75. The molecule has 0 radical (unpaired) electrons. The van der Waals surface area contributed by atoms with Gasteiger partial charge in [-0.2, -0.15) is 13.2 Å². The summed E-state index contributed by atoms with van der Waals surface area (Å²) >= 11 is 1.38. The number of rotatable bonds is 4. The van der Waals surface area contributed by atoms with E-state index in [4.69, 9.17) is 0 Å². The van der Waals surface area contributed by atoms with Crippen molar-refractivity contribution >= 4 is 17.2 Å². The summed E-state index contributed by atoms with van der Waals surface area (Å²) in [6.45, 7) is 3.16. The van der Waals surface area contributed by atoms with Gasteiger partial charge in [0.2, 0.25) is 0 Å². The molecule has 1 atom stereocenters. The van der Waals surface area contributed by atoms with Crippen molar-refractivity contribution in [2.75, 3.05) is 13.1 Å². The zero-order valence-corrected chi connectivity index (χ0v) is 15.4. The number of aryl methyl sites for hydroxylation is 2. The summed E-state index contributed by atoms with van der Waals surface area (Å²) < 4.78 is 39.3. The number of nitrogens with zero attached hydrogens (tertiary/aromatic N) is 2. The van der Waals surface area contributed by atoms with Crippen LogP contribution in [-0.4, -0.2) is 28.9 Å². The van der Waals surface area contributed by atoms with Gasteiger partial charge in [-0.15, -0.1) is 11.3 Å². The summed E-state index contributed by atoms with van der Waals surface area (Å²) in [6.07, 6.45) is 0.135. The van der Waals surface area contributed by atoms with Gasteiger partial charge in [0, 0.05) is 13.1 Å². The van der Waals surface area contributed by atoms with E-state index in [1.54, 1.807) is 18.3 Å². The lowest BCUT2D eigenvalue weighted by Crippen LogP contribution is -2.39. The van der Waals surface area contributed by atoms with Gasteiger partial charge in [-0.25, -0.2) is 4.98 Å². The largest absolute Gasteiger partial charge is 0.416 e. The number of carbonyl (C=O) groups is 1. The van der Waals surface area contributed by atoms with Crippen LogP contribution < -0.4 is 0 Å². The number of benzene rings is 1. The number of hydrogen-bond donors (Lipinski definition) is 0. The molecule has 7 heteroatoms. The lowest BCUT2D eigenvalue weighted by molar-refractivity contribution is -0.138. The van der Waals surface area contributed by atoms with E-state index in [0.717, 1.165) is 23.9 Å². The van der Waals surface area contributed by atoms with Gasteiger partial charge in [0.05, 0.1) is 16.8 Å². The number of amides is 1. The topological polar surface area (TPSA) is 33.2 Å². The van der Waals surface area contributed by atoms with Crippen LogP contribution >= 0.6 is 11.3 Å². The Kier molecular flexibility index (Phi) is 5.65. The second kappa shape index (κ2) is 7.78. The smallest absolute Gasteiger partial charge is 0.338 e. The van der Waals surface area contributed by atoms with E-state index in [1.807, 2.05) is 11.8 Å². The summed E-state index contributed by atoms with van der Waals surface area (Å²) in [5.74, 6) is 0.207. The van der Waals surface area contributed by atoms with Crippen LogP contribution in [0, 0.1) is 12.8 Å². The predicted octanol–water partition coefficient (Wildman–Crippen LogP) is 4.96. The Labute approximate surface area is 154 Å². The highest BCUT2D eigenvalue weighted by Crippen LogP contribution is 2.33. The molecule has 1 saturated heterocycles. The van der Waals surface area contributed by atoms with Crippen molar-refractivity contribution in [1.82, 2.24) is 9.88 Å². The van der Waals surface area contributed by atoms with Crippen molar-refractivity contribution in [3.8, 4) is 0 Å². The average Bonchev–Trinajstić information content (AvgIpc) is 3.05. The van der Waals surface area contributed by atoms with Crippen LogP contribution in [0.3, 0.4) is 0 Å².